The zero-order valence-electron chi connectivity index (χ0n) is 10.5. The highest BCUT2D eigenvalue weighted by Crippen LogP contribution is 2.24. The maximum atomic E-state index is 5.59. The van der Waals surface area contributed by atoms with Crippen LogP contribution < -0.4 is 10.1 Å². The highest BCUT2D eigenvalue weighted by atomic mass is 16.5. The topological polar surface area (TPSA) is 21.3 Å². The average Bonchev–Trinajstić information content (AvgIpc) is 2.38. The number of piperidine rings is 1. The molecule has 1 fully saturated rings. The van der Waals surface area contributed by atoms with Crippen LogP contribution >= 0.6 is 0 Å². The summed E-state index contributed by atoms with van der Waals surface area (Å²) < 4.78 is 5.59. The van der Waals surface area contributed by atoms with Crippen molar-refractivity contribution in [2.24, 2.45) is 0 Å². The summed E-state index contributed by atoms with van der Waals surface area (Å²) in [5, 5.41) is 3.55. The minimum Gasteiger partial charge on any atom is -0.489 e. The molecule has 92 valence electrons. The van der Waals surface area contributed by atoms with E-state index >= 15 is 0 Å². The monoisotopic (exact) mass is 231 g/mol. The van der Waals surface area contributed by atoms with Gasteiger partial charge in [0.15, 0.2) is 0 Å². The van der Waals surface area contributed by atoms with E-state index in [-0.39, 0.29) is 0 Å². The van der Waals surface area contributed by atoms with Gasteiger partial charge < -0.3 is 10.1 Å². The van der Waals surface area contributed by atoms with Crippen LogP contribution in [-0.4, -0.2) is 13.2 Å². The number of hydrogen-bond acceptors (Lipinski definition) is 2. The SMILES string of the molecule is C=C(C)COc1ccc(C2CCCCN2)cc1. The zero-order valence-corrected chi connectivity index (χ0v) is 10.5. The quantitative estimate of drug-likeness (QED) is 0.801. The van der Waals surface area contributed by atoms with Gasteiger partial charge in [-0.15, -0.1) is 0 Å². The van der Waals surface area contributed by atoms with Crippen LogP contribution in [0.15, 0.2) is 36.4 Å². The largest absolute Gasteiger partial charge is 0.489 e. The van der Waals surface area contributed by atoms with Crippen LogP contribution in [0.3, 0.4) is 0 Å². The van der Waals surface area contributed by atoms with Crippen LogP contribution in [0.5, 0.6) is 5.75 Å². The molecule has 0 saturated carbocycles. The molecule has 0 radical (unpaired) electrons. The van der Waals surface area contributed by atoms with Gasteiger partial charge in [-0.25, -0.2) is 0 Å². The first-order valence-electron chi connectivity index (χ1n) is 6.36. The molecule has 1 unspecified atom stereocenters. The summed E-state index contributed by atoms with van der Waals surface area (Å²) in [6.45, 7) is 7.53. The fourth-order valence-corrected chi connectivity index (χ4v) is 2.14. The highest BCUT2D eigenvalue weighted by Gasteiger charge is 2.14. The predicted molar refractivity (Wildman–Crippen MR) is 71.3 cm³/mol. The zero-order chi connectivity index (χ0) is 12.1. The molecule has 1 saturated heterocycles. The first-order valence-corrected chi connectivity index (χ1v) is 6.36. The van der Waals surface area contributed by atoms with Crippen LogP contribution in [0.2, 0.25) is 0 Å². The lowest BCUT2D eigenvalue weighted by atomic mass is 9.98. The van der Waals surface area contributed by atoms with Crippen molar-refractivity contribution in [1.82, 2.24) is 5.32 Å². The molecule has 1 aromatic rings. The fraction of sp³-hybridized carbons (Fsp3) is 0.467. The van der Waals surface area contributed by atoms with Crippen molar-refractivity contribution in [3.05, 3.63) is 42.0 Å². The van der Waals surface area contributed by atoms with E-state index in [0.717, 1.165) is 17.9 Å². The van der Waals surface area contributed by atoms with E-state index in [0.29, 0.717) is 12.6 Å². The van der Waals surface area contributed by atoms with Gasteiger partial charge in [0, 0.05) is 6.04 Å². The number of rotatable bonds is 4. The molecule has 2 heteroatoms. The van der Waals surface area contributed by atoms with Crippen molar-refractivity contribution in [1.29, 1.82) is 0 Å². The number of nitrogens with one attached hydrogen (secondary N) is 1. The van der Waals surface area contributed by atoms with E-state index in [2.05, 4.69) is 36.2 Å². The minimum atomic E-state index is 0.527. The van der Waals surface area contributed by atoms with E-state index in [1.54, 1.807) is 0 Å². The lowest BCUT2D eigenvalue weighted by molar-refractivity contribution is 0.352. The van der Waals surface area contributed by atoms with E-state index in [1.165, 1.54) is 24.8 Å². The molecule has 1 heterocycles. The highest BCUT2D eigenvalue weighted by molar-refractivity contribution is 5.29. The molecule has 17 heavy (non-hydrogen) atoms. The summed E-state index contributed by atoms with van der Waals surface area (Å²) in [6, 6.07) is 8.95. The molecule has 0 spiro atoms. The maximum Gasteiger partial charge on any atom is 0.119 e. The van der Waals surface area contributed by atoms with Crippen molar-refractivity contribution in [2.75, 3.05) is 13.2 Å². The normalized spacial score (nSPS) is 19.9. The molecule has 0 aromatic heterocycles. The Balaban J connectivity index is 1.94. The van der Waals surface area contributed by atoms with Gasteiger partial charge in [-0.1, -0.05) is 25.1 Å². The molecule has 1 aliphatic heterocycles. The minimum absolute atomic E-state index is 0.527. The van der Waals surface area contributed by atoms with E-state index < -0.39 is 0 Å². The van der Waals surface area contributed by atoms with Gasteiger partial charge in [0.1, 0.15) is 12.4 Å². The van der Waals surface area contributed by atoms with Crippen LogP contribution in [-0.2, 0) is 0 Å². The van der Waals surface area contributed by atoms with Gasteiger partial charge in [-0.3, -0.25) is 0 Å². The first-order chi connectivity index (χ1) is 8.25. The molecule has 1 aromatic carbocycles. The van der Waals surface area contributed by atoms with E-state index in [4.69, 9.17) is 4.74 Å². The lowest BCUT2D eigenvalue weighted by Gasteiger charge is -2.23. The van der Waals surface area contributed by atoms with E-state index in [9.17, 15) is 0 Å². The Morgan fingerprint density at radius 1 is 1.35 bits per heavy atom. The number of hydrogen-bond donors (Lipinski definition) is 1. The van der Waals surface area contributed by atoms with Gasteiger partial charge in [-0.05, 0) is 49.6 Å². The summed E-state index contributed by atoms with van der Waals surface area (Å²) in [4.78, 5) is 0. The van der Waals surface area contributed by atoms with Crippen molar-refractivity contribution in [3.63, 3.8) is 0 Å². The predicted octanol–water partition coefficient (Wildman–Crippen LogP) is 3.46. The summed E-state index contributed by atoms with van der Waals surface area (Å²) in [5.74, 6) is 0.924. The molecule has 0 bridgehead atoms. The molecule has 2 rings (SSSR count). The summed E-state index contributed by atoms with van der Waals surface area (Å²) >= 11 is 0. The van der Waals surface area contributed by atoms with Crippen LogP contribution in [0.4, 0.5) is 0 Å². The van der Waals surface area contributed by atoms with Crippen molar-refractivity contribution >= 4 is 0 Å². The molecule has 2 nitrogen and oxygen atoms in total. The number of benzene rings is 1. The van der Waals surface area contributed by atoms with Gasteiger partial charge >= 0.3 is 0 Å². The Kier molecular flexibility index (Phi) is 4.21. The Bertz CT molecular complexity index is 363. The van der Waals surface area contributed by atoms with Crippen LogP contribution in [0.25, 0.3) is 0 Å². The van der Waals surface area contributed by atoms with Gasteiger partial charge in [-0.2, -0.15) is 0 Å². The van der Waals surface area contributed by atoms with Gasteiger partial charge in [0.2, 0.25) is 0 Å². The van der Waals surface area contributed by atoms with Crippen molar-refractivity contribution < 1.29 is 4.74 Å². The Hall–Kier alpha value is -1.28. The summed E-state index contributed by atoms with van der Waals surface area (Å²) in [7, 11) is 0. The second-order valence-corrected chi connectivity index (χ2v) is 4.82. The summed E-state index contributed by atoms with van der Waals surface area (Å²) in [5.41, 5.74) is 2.41. The standard InChI is InChI=1S/C15H21NO/c1-12(2)11-17-14-8-6-13(7-9-14)15-5-3-4-10-16-15/h6-9,15-16H,1,3-5,10-11H2,2H3. The molecule has 1 atom stereocenters. The third-order valence-corrected chi connectivity index (χ3v) is 3.08. The Labute approximate surface area is 104 Å². The fourth-order valence-electron chi connectivity index (χ4n) is 2.14. The molecule has 1 N–H and O–H groups in total. The smallest absolute Gasteiger partial charge is 0.119 e. The lowest BCUT2D eigenvalue weighted by Crippen LogP contribution is -2.26. The average molecular weight is 231 g/mol. The van der Waals surface area contributed by atoms with Crippen molar-refractivity contribution in [2.45, 2.75) is 32.2 Å². The molecule has 0 aliphatic carbocycles. The molecule has 0 amide bonds. The molecular weight excluding hydrogens is 210 g/mol. The van der Waals surface area contributed by atoms with Gasteiger partial charge in [0.25, 0.3) is 0 Å². The van der Waals surface area contributed by atoms with Gasteiger partial charge in [0.05, 0.1) is 0 Å². The number of ether oxygens (including phenoxy) is 1. The first kappa shape index (κ1) is 12.2. The van der Waals surface area contributed by atoms with Crippen LogP contribution in [0.1, 0.15) is 37.8 Å². The van der Waals surface area contributed by atoms with Crippen molar-refractivity contribution in [3.8, 4) is 5.75 Å². The van der Waals surface area contributed by atoms with E-state index in [1.807, 2.05) is 6.92 Å². The Morgan fingerprint density at radius 3 is 2.71 bits per heavy atom. The second-order valence-electron chi connectivity index (χ2n) is 4.82. The Morgan fingerprint density at radius 2 is 2.12 bits per heavy atom. The third-order valence-electron chi connectivity index (χ3n) is 3.08. The summed E-state index contributed by atoms with van der Waals surface area (Å²) in [6.07, 6.45) is 3.87. The second kappa shape index (κ2) is 5.87. The third kappa shape index (κ3) is 3.60. The molecule has 1 aliphatic rings. The molecular formula is C15H21NO. The maximum absolute atomic E-state index is 5.59. The van der Waals surface area contributed by atoms with Crippen LogP contribution in [0, 0.1) is 0 Å².